The van der Waals surface area contributed by atoms with Gasteiger partial charge < -0.3 is 5.73 Å². The van der Waals surface area contributed by atoms with Crippen molar-refractivity contribution in [1.29, 1.82) is 5.26 Å². The number of nitriles is 1. The number of hydrogen-bond acceptors (Lipinski definition) is 3. The quantitative estimate of drug-likeness (QED) is 0.648. The molecule has 0 heterocycles. The van der Waals surface area contributed by atoms with Crippen LogP contribution in [0, 0.1) is 11.3 Å². The Morgan fingerprint density at radius 1 is 1.64 bits per heavy atom. The van der Waals surface area contributed by atoms with Gasteiger partial charge in [0, 0.05) is 12.1 Å². The van der Waals surface area contributed by atoms with Crippen LogP contribution in [0.25, 0.3) is 0 Å². The van der Waals surface area contributed by atoms with Crippen molar-refractivity contribution in [3.63, 3.8) is 0 Å². The lowest BCUT2D eigenvalue weighted by molar-refractivity contribution is 0.143. The van der Waals surface area contributed by atoms with Gasteiger partial charge in [0.05, 0.1) is 12.1 Å². The summed E-state index contributed by atoms with van der Waals surface area (Å²) < 4.78 is 0. The molecule has 3 nitrogen and oxygen atoms in total. The van der Waals surface area contributed by atoms with E-state index >= 15 is 0 Å². The number of nitrogens with zero attached hydrogens (tertiary/aromatic N) is 2. The molecule has 0 aromatic rings. The fraction of sp³-hybridized carbons (Fsp3) is 0.875. The van der Waals surface area contributed by atoms with Crippen LogP contribution in [0.15, 0.2) is 0 Å². The van der Waals surface area contributed by atoms with Crippen molar-refractivity contribution in [2.24, 2.45) is 5.73 Å². The second-order valence-electron chi connectivity index (χ2n) is 3.43. The third-order valence-electron chi connectivity index (χ3n) is 2.22. The van der Waals surface area contributed by atoms with E-state index in [0.29, 0.717) is 6.54 Å². The molecule has 0 aromatic heterocycles. The van der Waals surface area contributed by atoms with Crippen LogP contribution in [0.4, 0.5) is 0 Å². The third kappa shape index (κ3) is 2.49. The number of nitrogens with two attached hydrogens (primary N) is 1. The van der Waals surface area contributed by atoms with Gasteiger partial charge in [-0.3, -0.25) is 4.90 Å². The van der Waals surface area contributed by atoms with Gasteiger partial charge >= 0.3 is 0 Å². The van der Waals surface area contributed by atoms with E-state index in [2.05, 4.69) is 6.07 Å². The lowest BCUT2D eigenvalue weighted by Crippen LogP contribution is -2.50. The van der Waals surface area contributed by atoms with Crippen molar-refractivity contribution >= 4 is 0 Å². The Kier molecular flexibility index (Phi) is 3.50. The minimum Gasteiger partial charge on any atom is -0.329 e. The van der Waals surface area contributed by atoms with Crippen LogP contribution in [0.1, 0.15) is 20.8 Å². The van der Waals surface area contributed by atoms with E-state index in [1.165, 1.54) is 0 Å². The van der Waals surface area contributed by atoms with Gasteiger partial charge in [-0.25, -0.2) is 0 Å². The van der Waals surface area contributed by atoms with Crippen LogP contribution < -0.4 is 5.73 Å². The molecule has 0 saturated heterocycles. The fourth-order valence-electron chi connectivity index (χ4n) is 0.755. The molecule has 0 amide bonds. The molecule has 1 unspecified atom stereocenters. The molecular weight excluding hydrogens is 138 g/mol. The van der Waals surface area contributed by atoms with Crippen molar-refractivity contribution in [2.45, 2.75) is 32.4 Å². The van der Waals surface area contributed by atoms with Crippen LogP contribution in [0.5, 0.6) is 0 Å². The average Bonchev–Trinajstić information content (AvgIpc) is 2.01. The Labute approximate surface area is 68.8 Å². The summed E-state index contributed by atoms with van der Waals surface area (Å²) in [6.45, 7) is 6.49. The summed E-state index contributed by atoms with van der Waals surface area (Å²) in [5.41, 5.74) is 5.46. The highest BCUT2D eigenvalue weighted by molar-refractivity contribution is 4.93. The van der Waals surface area contributed by atoms with Crippen LogP contribution >= 0.6 is 0 Å². The molecule has 11 heavy (non-hydrogen) atoms. The van der Waals surface area contributed by atoms with Crippen LogP contribution in [-0.4, -0.2) is 30.1 Å². The van der Waals surface area contributed by atoms with Gasteiger partial charge in [-0.15, -0.1) is 0 Å². The Morgan fingerprint density at radius 3 is 2.36 bits per heavy atom. The SMILES string of the molecule is CC(C#N)N(C)C(C)(C)CN. The second kappa shape index (κ2) is 3.70. The molecule has 0 spiro atoms. The van der Waals surface area contributed by atoms with E-state index in [4.69, 9.17) is 11.0 Å². The van der Waals surface area contributed by atoms with Crippen LogP contribution in [0.3, 0.4) is 0 Å². The molecule has 3 heteroatoms. The fourth-order valence-corrected chi connectivity index (χ4v) is 0.755. The summed E-state index contributed by atoms with van der Waals surface area (Å²) in [5, 5.41) is 8.63. The lowest BCUT2D eigenvalue weighted by Gasteiger charge is -2.36. The van der Waals surface area contributed by atoms with Gasteiger partial charge in [0.25, 0.3) is 0 Å². The molecule has 2 N–H and O–H groups in total. The summed E-state index contributed by atoms with van der Waals surface area (Å²) in [5.74, 6) is 0. The Bertz CT molecular complexity index is 157. The average molecular weight is 155 g/mol. The molecule has 1 atom stereocenters. The standard InChI is InChI=1S/C8H17N3/c1-7(5-9)11(4)8(2,3)6-10/h7H,6,10H2,1-4H3. The maximum absolute atomic E-state index is 8.63. The molecule has 64 valence electrons. The molecule has 0 aromatic carbocycles. The molecule has 0 aliphatic heterocycles. The van der Waals surface area contributed by atoms with E-state index in [1.807, 2.05) is 32.7 Å². The van der Waals surface area contributed by atoms with Crippen molar-refractivity contribution < 1.29 is 0 Å². The second-order valence-corrected chi connectivity index (χ2v) is 3.43. The molecule has 0 aliphatic rings. The minimum absolute atomic E-state index is 0.0754. The van der Waals surface area contributed by atoms with E-state index in [-0.39, 0.29) is 11.6 Å². The van der Waals surface area contributed by atoms with Gasteiger partial charge in [-0.2, -0.15) is 5.26 Å². The molecule has 0 radical (unpaired) electrons. The first-order valence-electron chi connectivity index (χ1n) is 3.78. The first kappa shape index (κ1) is 10.4. The molecular formula is C8H17N3. The third-order valence-corrected chi connectivity index (χ3v) is 2.22. The van der Waals surface area contributed by atoms with E-state index < -0.39 is 0 Å². The van der Waals surface area contributed by atoms with Gasteiger partial charge in [0.2, 0.25) is 0 Å². The molecule has 0 aliphatic carbocycles. The monoisotopic (exact) mass is 155 g/mol. The molecule has 0 saturated carbocycles. The predicted octanol–water partition coefficient (Wildman–Crippen LogP) is 0.568. The van der Waals surface area contributed by atoms with Gasteiger partial charge in [0.1, 0.15) is 0 Å². The predicted molar refractivity (Wildman–Crippen MR) is 46.0 cm³/mol. The zero-order chi connectivity index (χ0) is 9.07. The van der Waals surface area contributed by atoms with Gasteiger partial charge in [-0.05, 0) is 27.8 Å². The zero-order valence-electron chi connectivity index (χ0n) is 7.76. The maximum atomic E-state index is 8.63. The van der Waals surface area contributed by atoms with Crippen molar-refractivity contribution in [3.8, 4) is 6.07 Å². The van der Waals surface area contributed by atoms with Crippen molar-refractivity contribution in [2.75, 3.05) is 13.6 Å². The number of rotatable bonds is 3. The number of likely N-dealkylation sites (N-methyl/N-ethyl adjacent to an activating group) is 1. The van der Waals surface area contributed by atoms with E-state index in [9.17, 15) is 0 Å². The summed E-state index contributed by atoms with van der Waals surface area (Å²) in [6, 6.07) is 2.10. The Morgan fingerprint density at radius 2 is 2.09 bits per heavy atom. The van der Waals surface area contributed by atoms with Crippen LogP contribution in [0.2, 0.25) is 0 Å². The van der Waals surface area contributed by atoms with Gasteiger partial charge in [0.15, 0.2) is 0 Å². The Balaban J connectivity index is 4.24. The van der Waals surface area contributed by atoms with Gasteiger partial charge in [-0.1, -0.05) is 0 Å². The van der Waals surface area contributed by atoms with Crippen molar-refractivity contribution in [1.82, 2.24) is 4.90 Å². The highest BCUT2D eigenvalue weighted by Gasteiger charge is 2.25. The zero-order valence-corrected chi connectivity index (χ0v) is 7.76. The van der Waals surface area contributed by atoms with E-state index in [0.717, 1.165) is 0 Å². The summed E-state index contributed by atoms with van der Waals surface area (Å²) in [7, 11) is 1.92. The Hall–Kier alpha value is -0.590. The topological polar surface area (TPSA) is 53.0 Å². The molecule has 0 fully saturated rings. The first-order chi connectivity index (χ1) is 4.95. The lowest BCUT2D eigenvalue weighted by atomic mass is 10.0. The van der Waals surface area contributed by atoms with Crippen LogP contribution in [-0.2, 0) is 0 Å². The normalized spacial score (nSPS) is 14.6. The summed E-state index contributed by atoms with van der Waals surface area (Å²) in [6.07, 6.45) is 0. The summed E-state index contributed by atoms with van der Waals surface area (Å²) >= 11 is 0. The number of hydrogen-bond donors (Lipinski definition) is 1. The minimum atomic E-state index is -0.0881. The van der Waals surface area contributed by atoms with Crippen molar-refractivity contribution in [3.05, 3.63) is 0 Å². The summed E-state index contributed by atoms with van der Waals surface area (Å²) in [4.78, 5) is 1.98. The maximum Gasteiger partial charge on any atom is 0.0951 e. The largest absolute Gasteiger partial charge is 0.329 e. The first-order valence-corrected chi connectivity index (χ1v) is 3.78. The smallest absolute Gasteiger partial charge is 0.0951 e. The molecule has 0 rings (SSSR count). The highest BCUT2D eigenvalue weighted by atomic mass is 15.2. The van der Waals surface area contributed by atoms with E-state index in [1.54, 1.807) is 0 Å². The highest BCUT2D eigenvalue weighted by Crippen LogP contribution is 2.12. The molecule has 0 bridgehead atoms.